The standard InChI is InChI=1S/C13H16F2N2O3/c14-13(15)10-6-9(17(19)20)4-5-11(10)16-7-8-2-1-3-12(8)18/h4-6,8,12-13,16,18H,1-3,7H2. The minimum absolute atomic E-state index is 0.0377. The first-order valence-corrected chi connectivity index (χ1v) is 6.47. The quantitative estimate of drug-likeness (QED) is 0.644. The molecule has 1 fully saturated rings. The van der Waals surface area contributed by atoms with Gasteiger partial charge in [0.25, 0.3) is 12.1 Å². The molecule has 1 aromatic rings. The Kier molecular flexibility index (Phi) is 4.49. The molecule has 1 aromatic carbocycles. The number of hydrogen-bond donors (Lipinski definition) is 2. The van der Waals surface area contributed by atoms with Crippen molar-refractivity contribution in [3.8, 4) is 0 Å². The molecule has 20 heavy (non-hydrogen) atoms. The summed E-state index contributed by atoms with van der Waals surface area (Å²) in [6, 6.07) is 3.37. The van der Waals surface area contributed by atoms with Crippen molar-refractivity contribution in [2.45, 2.75) is 31.8 Å². The summed E-state index contributed by atoms with van der Waals surface area (Å²) in [5.41, 5.74) is -0.553. The van der Waals surface area contributed by atoms with Gasteiger partial charge in [0.05, 0.1) is 11.0 Å². The van der Waals surface area contributed by atoms with E-state index in [1.54, 1.807) is 0 Å². The van der Waals surface area contributed by atoms with Gasteiger partial charge in [-0.3, -0.25) is 10.1 Å². The first-order valence-electron chi connectivity index (χ1n) is 6.47. The zero-order chi connectivity index (χ0) is 14.7. The fourth-order valence-corrected chi connectivity index (χ4v) is 2.50. The second kappa shape index (κ2) is 6.13. The molecule has 7 heteroatoms. The monoisotopic (exact) mass is 286 g/mol. The largest absolute Gasteiger partial charge is 0.393 e. The number of nitro benzene ring substituents is 1. The Hall–Kier alpha value is -1.76. The van der Waals surface area contributed by atoms with Crippen LogP contribution in [0.25, 0.3) is 0 Å². The molecule has 1 aliphatic rings. The van der Waals surface area contributed by atoms with Gasteiger partial charge in [-0.25, -0.2) is 8.78 Å². The van der Waals surface area contributed by atoms with Crippen LogP contribution in [-0.2, 0) is 0 Å². The number of benzene rings is 1. The van der Waals surface area contributed by atoms with Crippen molar-refractivity contribution in [1.82, 2.24) is 0 Å². The number of non-ortho nitro benzene ring substituents is 1. The van der Waals surface area contributed by atoms with Crippen LogP contribution in [0.3, 0.4) is 0 Å². The fraction of sp³-hybridized carbons (Fsp3) is 0.538. The second-order valence-electron chi connectivity index (χ2n) is 4.97. The summed E-state index contributed by atoms with van der Waals surface area (Å²) in [6.45, 7) is 0.388. The van der Waals surface area contributed by atoms with Crippen LogP contribution in [0.2, 0.25) is 0 Å². The summed E-state index contributed by atoms with van der Waals surface area (Å²) in [5, 5.41) is 23.2. The van der Waals surface area contributed by atoms with Gasteiger partial charge in [0, 0.05) is 35.8 Å². The molecule has 0 bridgehead atoms. The lowest BCUT2D eigenvalue weighted by Crippen LogP contribution is -2.22. The van der Waals surface area contributed by atoms with Crippen LogP contribution >= 0.6 is 0 Å². The molecule has 0 amide bonds. The summed E-state index contributed by atoms with van der Waals surface area (Å²) in [7, 11) is 0. The first kappa shape index (κ1) is 14.6. The normalized spacial score (nSPS) is 22.2. The number of anilines is 1. The Balaban J connectivity index is 2.12. The van der Waals surface area contributed by atoms with Crippen molar-refractivity contribution in [1.29, 1.82) is 0 Å². The number of nitrogens with zero attached hydrogens (tertiary/aromatic N) is 1. The molecule has 5 nitrogen and oxygen atoms in total. The van der Waals surface area contributed by atoms with Crippen molar-refractivity contribution in [3.63, 3.8) is 0 Å². The van der Waals surface area contributed by atoms with E-state index >= 15 is 0 Å². The van der Waals surface area contributed by atoms with Gasteiger partial charge in [-0.2, -0.15) is 0 Å². The van der Waals surface area contributed by atoms with Crippen molar-refractivity contribution >= 4 is 11.4 Å². The fourth-order valence-electron chi connectivity index (χ4n) is 2.50. The lowest BCUT2D eigenvalue weighted by atomic mass is 10.1. The number of hydrogen-bond acceptors (Lipinski definition) is 4. The number of aliphatic hydroxyl groups excluding tert-OH is 1. The van der Waals surface area contributed by atoms with Gasteiger partial charge in [-0.15, -0.1) is 0 Å². The van der Waals surface area contributed by atoms with Gasteiger partial charge in [0.2, 0.25) is 0 Å². The molecule has 0 radical (unpaired) electrons. The highest BCUT2D eigenvalue weighted by Gasteiger charge is 2.25. The van der Waals surface area contributed by atoms with Crippen LogP contribution in [0.4, 0.5) is 20.2 Å². The summed E-state index contributed by atoms with van der Waals surface area (Å²) in [6.07, 6.45) is -0.684. The summed E-state index contributed by atoms with van der Waals surface area (Å²) < 4.78 is 25.9. The molecule has 2 atom stereocenters. The predicted molar refractivity (Wildman–Crippen MR) is 69.9 cm³/mol. The molecular weight excluding hydrogens is 270 g/mol. The van der Waals surface area contributed by atoms with Gasteiger partial charge in [0.15, 0.2) is 0 Å². The zero-order valence-corrected chi connectivity index (χ0v) is 10.8. The number of aliphatic hydroxyl groups is 1. The number of nitrogens with one attached hydrogen (secondary N) is 1. The van der Waals surface area contributed by atoms with Crippen LogP contribution in [0, 0.1) is 16.0 Å². The van der Waals surface area contributed by atoms with E-state index in [0.717, 1.165) is 25.3 Å². The highest BCUT2D eigenvalue weighted by molar-refractivity contribution is 5.56. The molecule has 1 aliphatic carbocycles. The third kappa shape index (κ3) is 3.22. The molecule has 2 rings (SSSR count). The third-order valence-corrected chi connectivity index (χ3v) is 3.65. The van der Waals surface area contributed by atoms with Crippen LogP contribution in [-0.4, -0.2) is 22.7 Å². The van der Waals surface area contributed by atoms with Gasteiger partial charge in [-0.1, -0.05) is 6.42 Å². The highest BCUT2D eigenvalue weighted by atomic mass is 19.3. The first-order chi connectivity index (χ1) is 9.49. The maximum absolute atomic E-state index is 12.9. The third-order valence-electron chi connectivity index (χ3n) is 3.65. The van der Waals surface area contributed by atoms with E-state index in [1.165, 1.54) is 12.1 Å². The Morgan fingerprint density at radius 2 is 2.20 bits per heavy atom. The van der Waals surface area contributed by atoms with Crippen molar-refractivity contribution < 1.29 is 18.8 Å². The van der Waals surface area contributed by atoms with Gasteiger partial charge in [0.1, 0.15) is 0 Å². The van der Waals surface area contributed by atoms with E-state index in [2.05, 4.69) is 5.32 Å². The van der Waals surface area contributed by atoms with E-state index in [9.17, 15) is 24.0 Å². The lowest BCUT2D eigenvalue weighted by molar-refractivity contribution is -0.385. The van der Waals surface area contributed by atoms with Gasteiger partial charge in [-0.05, 0) is 18.9 Å². The Labute approximate surface area is 114 Å². The van der Waals surface area contributed by atoms with Crippen molar-refractivity contribution in [3.05, 3.63) is 33.9 Å². The van der Waals surface area contributed by atoms with Crippen LogP contribution in [0.5, 0.6) is 0 Å². The molecule has 0 aromatic heterocycles. The molecule has 0 heterocycles. The molecule has 2 unspecified atom stereocenters. The van der Waals surface area contributed by atoms with E-state index < -0.39 is 17.5 Å². The maximum atomic E-state index is 12.9. The average molecular weight is 286 g/mol. The van der Waals surface area contributed by atoms with Crippen LogP contribution in [0.15, 0.2) is 18.2 Å². The molecule has 110 valence electrons. The Bertz CT molecular complexity index is 497. The summed E-state index contributed by atoms with van der Waals surface area (Å²) in [5.74, 6) is 0.0377. The Morgan fingerprint density at radius 3 is 2.75 bits per heavy atom. The molecule has 0 saturated heterocycles. The smallest absolute Gasteiger partial charge is 0.270 e. The minimum Gasteiger partial charge on any atom is -0.393 e. The molecular formula is C13H16F2N2O3. The van der Waals surface area contributed by atoms with E-state index in [1.807, 2.05) is 0 Å². The average Bonchev–Trinajstić information content (AvgIpc) is 2.81. The number of halogens is 2. The minimum atomic E-state index is -2.79. The highest BCUT2D eigenvalue weighted by Crippen LogP contribution is 2.32. The van der Waals surface area contributed by atoms with Crippen molar-refractivity contribution in [2.24, 2.45) is 5.92 Å². The molecule has 0 spiro atoms. The number of nitro groups is 1. The number of rotatable bonds is 5. The number of alkyl halides is 2. The summed E-state index contributed by atoms with van der Waals surface area (Å²) >= 11 is 0. The van der Waals surface area contributed by atoms with Crippen LogP contribution in [0.1, 0.15) is 31.3 Å². The SMILES string of the molecule is O=[N+]([O-])c1ccc(NCC2CCCC2O)c(C(F)F)c1. The Morgan fingerprint density at radius 1 is 1.45 bits per heavy atom. The maximum Gasteiger partial charge on any atom is 0.270 e. The van der Waals surface area contributed by atoms with Gasteiger partial charge >= 0.3 is 0 Å². The van der Waals surface area contributed by atoms with Crippen molar-refractivity contribution in [2.75, 3.05) is 11.9 Å². The summed E-state index contributed by atoms with van der Waals surface area (Å²) in [4.78, 5) is 9.91. The van der Waals surface area contributed by atoms with E-state index in [4.69, 9.17) is 0 Å². The molecule has 1 saturated carbocycles. The van der Waals surface area contributed by atoms with E-state index in [-0.39, 0.29) is 22.9 Å². The van der Waals surface area contributed by atoms with Gasteiger partial charge < -0.3 is 10.4 Å². The lowest BCUT2D eigenvalue weighted by Gasteiger charge is -2.17. The zero-order valence-electron chi connectivity index (χ0n) is 10.8. The molecule has 2 N–H and O–H groups in total. The van der Waals surface area contributed by atoms with E-state index in [0.29, 0.717) is 6.54 Å². The predicted octanol–water partition coefficient (Wildman–Crippen LogP) is 3.11. The molecule has 0 aliphatic heterocycles. The topological polar surface area (TPSA) is 75.4 Å². The second-order valence-corrected chi connectivity index (χ2v) is 4.97. The van der Waals surface area contributed by atoms with Crippen LogP contribution < -0.4 is 5.32 Å².